The lowest BCUT2D eigenvalue weighted by Gasteiger charge is -2.31. The van der Waals surface area contributed by atoms with Gasteiger partial charge in [0, 0.05) is 36.1 Å². The van der Waals surface area contributed by atoms with E-state index >= 15 is 0 Å². The highest BCUT2D eigenvalue weighted by Crippen LogP contribution is 2.25. The predicted octanol–water partition coefficient (Wildman–Crippen LogP) is 4.79. The van der Waals surface area contributed by atoms with E-state index in [4.69, 9.17) is 23.2 Å². The molecule has 0 saturated heterocycles. The van der Waals surface area contributed by atoms with Crippen LogP contribution in [0.25, 0.3) is 0 Å². The number of halogens is 2. The first-order chi connectivity index (χ1) is 16.5. The summed E-state index contributed by atoms with van der Waals surface area (Å²) in [6.07, 6.45) is 1.92. The van der Waals surface area contributed by atoms with Crippen molar-refractivity contribution in [2.45, 2.75) is 52.6 Å². The van der Waals surface area contributed by atoms with E-state index in [1.54, 1.807) is 30.3 Å². The molecule has 0 heterocycles. The van der Waals surface area contributed by atoms with Crippen molar-refractivity contribution in [3.8, 4) is 0 Å². The Balaban J connectivity index is 2.23. The van der Waals surface area contributed by atoms with E-state index in [1.165, 1.54) is 9.21 Å². The number of rotatable bonds is 12. The normalized spacial score (nSPS) is 12.2. The first kappa shape index (κ1) is 28.9. The quantitative estimate of drug-likeness (QED) is 0.418. The summed E-state index contributed by atoms with van der Waals surface area (Å²) in [5.74, 6) is -0.502. The minimum Gasteiger partial charge on any atom is -0.355 e. The molecule has 0 bridgehead atoms. The van der Waals surface area contributed by atoms with Crippen molar-refractivity contribution in [1.29, 1.82) is 0 Å². The van der Waals surface area contributed by atoms with Gasteiger partial charge in [0.25, 0.3) is 0 Å². The van der Waals surface area contributed by atoms with Crippen LogP contribution in [0, 0.1) is 6.92 Å². The van der Waals surface area contributed by atoms with Crippen molar-refractivity contribution in [2.75, 3.05) is 23.7 Å². The van der Waals surface area contributed by atoms with E-state index in [9.17, 15) is 18.0 Å². The van der Waals surface area contributed by atoms with Crippen LogP contribution in [0.3, 0.4) is 0 Å². The molecule has 2 aromatic carbocycles. The summed E-state index contributed by atoms with van der Waals surface area (Å²) in [5, 5.41) is 3.67. The van der Waals surface area contributed by atoms with E-state index < -0.39 is 16.1 Å². The lowest BCUT2D eigenvalue weighted by atomic mass is 10.1. The van der Waals surface area contributed by atoms with Gasteiger partial charge in [-0.3, -0.25) is 13.9 Å². The van der Waals surface area contributed by atoms with Gasteiger partial charge < -0.3 is 10.2 Å². The van der Waals surface area contributed by atoms with Gasteiger partial charge in [-0.15, -0.1) is 0 Å². The molecule has 0 fully saturated rings. The van der Waals surface area contributed by atoms with Gasteiger partial charge in [0.05, 0.1) is 11.9 Å². The third-order valence-corrected chi connectivity index (χ3v) is 7.35. The first-order valence-corrected chi connectivity index (χ1v) is 14.1. The average Bonchev–Trinajstić information content (AvgIpc) is 2.78. The molecule has 1 N–H and O–H groups in total. The summed E-state index contributed by atoms with van der Waals surface area (Å²) in [6.45, 7) is 6.30. The molecule has 10 heteroatoms. The molecule has 2 aromatic rings. The summed E-state index contributed by atoms with van der Waals surface area (Å²) in [4.78, 5) is 27.6. The van der Waals surface area contributed by atoms with Crippen LogP contribution in [0.5, 0.6) is 0 Å². The topological polar surface area (TPSA) is 86.8 Å². The number of nitrogens with zero attached hydrogens (tertiary/aromatic N) is 2. The van der Waals surface area contributed by atoms with Crippen molar-refractivity contribution in [3.63, 3.8) is 0 Å². The maximum absolute atomic E-state index is 13.4. The summed E-state index contributed by atoms with van der Waals surface area (Å²) < 4.78 is 26.1. The highest BCUT2D eigenvalue weighted by atomic mass is 35.5. The summed E-state index contributed by atoms with van der Waals surface area (Å²) in [6, 6.07) is 11.5. The van der Waals surface area contributed by atoms with Gasteiger partial charge in [-0.1, -0.05) is 53.9 Å². The number of carbonyl (C=O) groups is 2. The molecular weight excluding hydrogens is 509 g/mol. The van der Waals surface area contributed by atoms with Crippen molar-refractivity contribution in [3.05, 3.63) is 63.6 Å². The molecule has 0 radical (unpaired) electrons. The zero-order valence-corrected chi connectivity index (χ0v) is 22.9. The monoisotopic (exact) mass is 541 g/mol. The Morgan fingerprint density at radius 2 is 1.71 bits per heavy atom. The maximum Gasteiger partial charge on any atom is 0.242 e. The second kappa shape index (κ2) is 13.1. The van der Waals surface area contributed by atoms with E-state index in [-0.39, 0.29) is 37.7 Å². The lowest BCUT2D eigenvalue weighted by Crippen LogP contribution is -2.49. The minimum atomic E-state index is -3.53. The van der Waals surface area contributed by atoms with Crippen molar-refractivity contribution in [1.82, 2.24) is 10.2 Å². The van der Waals surface area contributed by atoms with Crippen molar-refractivity contribution >= 4 is 50.7 Å². The number of nitrogens with one attached hydrogen (secondary N) is 1. The summed E-state index contributed by atoms with van der Waals surface area (Å²) >= 11 is 12.4. The van der Waals surface area contributed by atoms with Gasteiger partial charge in [0.15, 0.2) is 0 Å². The standard InChI is InChI=1S/C25H33Cl2N3O4S/c1-5-23(25(32)28-6-2)29(17-19-11-12-20(26)16-22(19)27)24(31)8-7-15-30(35(4,33)34)21-13-9-18(3)10-14-21/h9-14,16,23H,5-8,15,17H2,1-4H3,(H,28,32)/t23-/m0/s1. The van der Waals surface area contributed by atoms with Crippen LogP contribution in [0.2, 0.25) is 10.0 Å². The molecule has 7 nitrogen and oxygen atoms in total. The van der Waals surface area contributed by atoms with Gasteiger partial charge in [0.2, 0.25) is 21.8 Å². The van der Waals surface area contributed by atoms with E-state index in [0.717, 1.165) is 11.8 Å². The molecule has 0 spiro atoms. The Morgan fingerprint density at radius 3 is 2.26 bits per heavy atom. The van der Waals surface area contributed by atoms with Gasteiger partial charge in [-0.05, 0) is 56.5 Å². The van der Waals surface area contributed by atoms with E-state index in [0.29, 0.717) is 34.3 Å². The van der Waals surface area contributed by atoms with Gasteiger partial charge >= 0.3 is 0 Å². The summed E-state index contributed by atoms with van der Waals surface area (Å²) in [7, 11) is -3.53. The minimum absolute atomic E-state index is 0.0684. The molecule has 0 saturated carbocycles. The second-order valence-electron chi connectivity index (χ2n) is 8.35. The second-order valence-corrected chi connectivity index (χ2v) is 11.1. The molecular formula is C25H33Cl2N3O4S. The first-order valence-electron chi connectivity index (χ1n) is 11.5. The molecule has 192 valence electrons. The van der Waals surface area contributed by atoms with Crippen LogP contribution in [0.1, 0.15) is 44.2 Å². The van der Waals surface area contributed by atoms with Crippen molar-refractivity contribution < 1.29 is 18.0 Å². The number of hydrogen-bond acceptors (Lipinski definition) is 4. The third-order valence-electron chi connectivity index (χ3n) is 5.57. The Morgan fingerprint density at radius 1 is 1.06 bits per heavy atom. The highest BCUT2D eigenvalue weighted by molar-refractivity contribution is 7.92. The van der Waals surface area contributed by atoms with Gasteiger partial charge in [-0.25, -0.2) is 8.42 Å². The lowest BCUT2D eigenvalue weighted by molar-refractivity contribution is -0.141. The third kappa shape index (κ3) is 8.40. The van der Waals surface area contributed by atoms with E-state index in [2.05, 4.69) is 5.32 Å². The number of likely N-dealkylation sites (N-methyl/N-ethyl adjacent to an activating group) is 1. The molecule has 0 unspecified atom stereocenters. The Kier molecular flexibility index (Phi) is 10.9. The van der Waals surface area contributed by atoms with Crippen molar-refractivity contribution in [2.24, 2.45) is 0 Å². The number of carbonyl (C=O) groups excluding carboxylic acids is 2. The fraction of sp³-hybridized carbons (Fsp3) is 0.440. The molecule has 0 aliphatic rings. The van der Waals surface area contributed by atoms with Gasteiger partial charge in [-0.2, -0.15) is 0 Å². The molecule has 0 aliphatic heterocycles. The van der Waals surface area contributed by atoms with Crippen LogP contribution >= 0.6 is 23.2 Å². The number of aryl methyl sites for hydroxylation is 1. The Labute approximate surface area is 218 Å². The molecule has 1 atom stereocenters. The Bertz CT molecular complexity index is 1120. The fourth-order valence-corrected chi connectivity index (χ4v) is 5.19. The molecule has 0 aliphatic carbocycles. The highest BCUT2D eigenvalue weighted by Gasteiger charge is 2.29. The number of anilines is 1. The number of sulfonamides is 1. The zero-order chi connectivity index (χ0) is 26.2. The smallest absolute Gasteiger partial charge is 0.242 e. The maximum atomic E-state index is 13.4. The number of amides is 2. The molecule has 2 rings (SSSR count). The van der Waals surface area contributed by atoms with E-state index in [1.807, 2.05) is 32.9 Å². The van der Waals surface area contributed by atoms with Crippen LogP contribution < -0.4 is 9.62 Å². The molecule has 2 amide bonds. The van der Waals surface area contributed by atoms with Crippen LogP contribution in [0.4, 0.5) is 5.69 Å². The van der Waals surface area contributed by atoms with Crippen LogP contribution in [0.15, 0.2) is 42.5 Å². The summed E-state index contributed by atoms with van der Waals surface area (Å²) in [5.41, 5.74) is 2.23. The largest absolute Gasteiger partial charge is 0.355 e. The van der Waals surface area contributed by atoms with Gasteiger partial charge in [0.1, 0.15) is 6.04 Å². The predicted molar refractivity (Wildman–Crippen MR) is 142 cm³/mol. The van der Waals surface area contributed by atoms with Crippen LogP contribution in [-0.2, 0) is 26.2 Å². The average molecular weight is 543 g/mol. The number of hydrogen-bond donors (Lipinski definition) is 1. The fourth-order valence-electron chi connectivity index (χ4n) is 3.76. The SMILES string of the molecule is CCNC(=O)[C@H](CC)N(Cc1ccc(Cl)cc1Cl)C(=O)CCCN(c1ccc(C)cc1)S(C)(=O)=O. The number of benzene rings is 2. The van der Waals surface area contributed by atoms with Crippen LogP contribution in [-0.4, -0.2) is 50.5 Å². The molecule has 35 heavy (non-hydrogen) atoms. The molecule has 0 aromatic heterocycles. The zero-order valence-electron chi connectivity index (χ0n) is 20.6. The Hall–Kier alpha value is -2.29.